The highest BCUT2D eigenvalue weighted by molar-refractivity contribution is 6.08. The number of hydrogen-bond acceptors (Lipinski definition) is 4. The van der Waals surface area contributed by atoms with E-state index >= 15 is 0 Å². The first-order valence-electron chi connectivity index (χ1n) is 13.1. The maximum absolute atomic E-state index is 13.9. The summed E-state index contributed by atoms with van der Waals surface area (Å²) in [6, 6.07) is 12.2. The molecule has 10 heteroatoms. The number of nitrogens with zero attached hydrogens (tertiary/aromatic N) is 2. The van der Waals surface area contributed by atoms with E-state index in [1.165, 1.54) is 18.2 Å². The van der Waals surface area contributed by atoms with E-state index in [-0.39, 0.29) is 17.7 Å². The summed E-state index contributed by atoms with van der Waals surface area (Å²) in [7, 11) is 0. The van der Waals surface area contributed by atoms with Crippen LogP contribution in [0.3, 0.4) is 0 Å². The van der Waals surface area contributed by atoms with Crippen molar-refractivity contribution in [3.63, 3.8) is 0 Å². The molecule has 3 N–H and O–H groups in total. The molecule has 1 atom stereocenters. The molecule has 1 saturated heterocycles. The van der Waals surface area contributed by atoms with E-state index in [1.54, 1.807) is 31.3 Å². The Balaban J connectivity index is 1.33. The maximum Gasteiger partial charge on any atom is 0.416 e. The van der Waals surface area contributed by atoms with E-state index in [2.05, 4.69) is 27.5 Å². The molecule has 1 fully saturated rings. The van der Waals surface area contributed by atoms with E-state index < -0.39 is 23.6 Å². The van der Waals surface area contributed by atoms with Crippen LogP contribution in [0.4, 0.5) is 24.5 Å². The number of halogens is 3. The number of carbonyl (C=O) groups excluding carboxylic acids is 2. The normalized spacial score (nSPS) is 15.9. The average Bonchev–Trinajstić information content (AvgIpc) is 3.47. The van der Waals surface area contributed by atoms with Crippen LogP contribution in [0.5, 0.6) is 0 Å². The second-order valence-corrected chi connectivity index (χ2v) is 10.6. The molecule has 3 heterocycles. The molecule has 2 aromatic carbocycles. The van der Waals surface area contributed by atoms with Crippen LogP contribution in [0.1, 0.15) is 56.4 Å². The van der Waals surface area contributed by atoms with Crippen LogP contribution in [0.25, 0.3) is 11.0 Å². The van der Waals surface area contributed by atoms with Crippen molar-refractivity contribution in [1.29, 1.82) is 0 Å². The summed E-state index contributed by atoms with van der Waals surface area (Å²) >= 11 is 0. The number of aromatic amines is 1. The van der Waals surface area contributed by atoms with E-state index in [0.29, 0.717) is 34.1 Å². The van der Waals surface area contributed by atoms with Gasteiger partial charge in [0.25, 0.3) is 11.8 Å². The topological polar surface area (TPSA) is 90.1 Å². The highest BCUT2D eigenvalue weighted by Gasteiger charge is 2.35. The van der Waals surface area contributed by atoms with Crippen molar-refractivity contribution in [2.75, 3.05) is 23.7 Å². The number of likely N-dealkylation sites (tertiary alicyclic amines) is 1. The van der Waals surface area contributed by atoms with Crippen molar-refractivity contribution in [2.24, 2.45) is 5.92 Å². The Morgan fingerprint density at radius 1 is 1.02 bits per heavy atom. The van der Waals surface area contributed by atoms with Crippen molar-refractivity contribution >= 4 is 34.2 Å². The fourth-order valence-corrected chi connectivity index (χ4v) is 5.10. The summed E-state index contributed by atoms with van der Waals surface area (Å²) in [5.74, 6) is -0.647. The molecule has 7 nitrogen and oxygen atoms in total. The minimum absolute atomic E-state index is 0.112. The Morgan fingerprint density at radius 3 is 2.52 bits per heavy atom. The molecular weight excluding hydrogens is 519 g/mol. The highest BCUT2D eigenvalue weighted by atomic mass is 19.4. The van der Waals surface area contributed by atoms with E-state index in [0.717, 1.165) is 36.7 Å². The number of benzene rings is 2. The van der Waals surface area contributed by atoms with Gasteiger partial charge in [-0.25, -0.2) is 4.98 Å². The van der Waals surface area contributed by atoms with Gasteiger partial charge in [0.2, 0.25) is 0 Å². The molecule has 2 amide bonds. The third-order valence-corrected chi connectivity index (χ3v) is 7.18. The number of aromatic nitrogens is 2. The molecule has 1 aliphatic rings. The average molecular weight is 550 g/mol. The predicted octanol–water partition coefficient (Wildman–Crippen LogP) is 6.54. The lowest BCUT2D eigenvalue weighted by atomic mass is 10.0. The smallest absolute Gasteiger partial charge is 0.344 e. The predicted molar refractivity (Wildman–Crippen MR) is 148 cm³/mol. The Morgan fingerprint density at radius 2 is 1.80 bits per heavy atom. The molecule has 0 aliphatic carbocycles. The van der Waals surface area contributed by atoms with Gasteiger partial charge >= 0.3 is 6.18 Å². The number of alkyl halides is 3. The summed E-state index contributed by atoms with van der Waals surface area (Å²) in [5, 5.41) is 6.31. The highest BCUT2D eigenvalue weighted by Crippen LogP contribution is 2.34. The number of amides is 2. The zero-order valence-electron chi connectivity index (χ0n) is 22.4. The van der Waals surface area contributed by atoms with Gasteiger partial charge in [0.15, 0.2) is 0 Å². The third kappa shape index (κ3) is 6.02. The van der Waals surface area contributed by atoms with E-state index in [9.17, 15) is 22.8 Å². The molecule has 4 aromatic rings. The second kappa shape index (κ2) is 10.8. The maximum atomic E-state index is 13.9. The number of carbonyl (C=O) groups is 2. The van der Waals surface area contributed by atoms with Gasteiger partial charge in [-0.05, 0) is 80.3 Å². The van der Waals surface area contributed by atoms with Gasteiger partial charge in [0.1, 0.15) is 5.65 Å². The third-order valence-electron chi connectivity index (χ3n) is 7.18. The fraction of sp³-hybridized carbons (Fsp3) is 0.300. The van der Waals surface area contributed by atoms with Gasteiger partial charge in [-0.3, -0.25) is 14.5 Å². The van der Waals surface area contributed by atoms with Crippen LogP contribution in [-0.2, 0) is 12.7 Å². The van der Waals surface area contributed by atoms with Gasteiger partial charge in [-0.2, -0.15) is 13.2 Å². The molecule has 1 aliphatic heterocycles. The van der Waals surface area contributed by atoms with Crippen LogP contribution >= 0.6 is 0 Å². The van der Waals surface area contributed by atoms with Crippen molar-refractivity contribution in [1.82, 2.24) is 14.9 Å². The first-order chi connectivity index (χ1) is 19.0. The van der Waals surface area contributed by atoms with Crippen molar-refractivity contribution < 1.29 is 22.8 Å². The Bertz CT molecular complexity index is 1590. The molecule has 2 aromatic heterocycles. The standard InChI is InChI=1S/C30H30F3N5O2/c1-17-8-9-38(15-17)16-21-6-5-20(12-26(21)30(31,32)33)28(39)36-23-7-4-18(2)25(13-23)29(40)37-24-11-22-10-19(3)35-27(22)34-14-24/h4-7,10-14,17H,8-9,15-16H2,1-3H3,(H,34,35)(H,36,39)(H,37,40). The number of fused-ring (bicyclic) bond motifs is 1. The lowest BCUT2D eigenvalue weighted by Gasteiger charge is -2.20. The molecule has 0 spiro atoms. The lowest BCUT2D eigenvalue weighted by molar-refractivity contribution is -0.138. The number of aryl methyl sites for hydroxylation is 2. The molecule has 1 unspecified atom stereocenters. The van der Waals surface area contributed by atoms with E-state index in [4.69, 9.17) is 0 Å². The quantitative estimate of drug-likeness (QED) is 0.255. The molecule has 40 heavy (non-hydrogen) atoms. The number of anilines is 2. The monoisotopic (exact) mass is 549 g/mol. The molecule has 5 rings (SSSR count). The van der Waals surface area contributed by atoms with Gasteiger partial charge in [-0.1, -0.05) is 19.1 Å². The summed E-state index contributed by atoms with van der Waals surface area (Å²) < 4.78 is 41.8. The number of rotatable bonds is 6. The van der Waals surface area contributed by atoms with Gasteiger partial charge in [0, 0.05) is 41.0 Å². The molecular formula is C30H30F3N5O2. The Labute approximate surface area is 229 Å². The van der Waals surface area contributed by atoms with E-state index in [1.807, 2.05) is 17.9 Å². The second-order valence-electron chi connectivity index (χ2n) is 10.6. The zero-order chi connectivity index (χ0) is 28.6. The first-order valence-corrected chi connectivity index (χ1v) is 13.1. The van der Waals surface area contributed by atoms with Crippen molar-refractivity contribution in [2.45, 2.75) is 39.9 Å². The van der Waals surface area contributed by atoms with Crippen molar-refractivity contribution in [3.8, 4) is 0 Å². The SMILES string of the molecule is Cc1cc2cc(NC(=O)c3cc(NC(=O)c4ccc(CN5CCC(C)C5)c(C(F)(F)F)c4)ccc3C)cnc2[nH]1. The Kier molecular flexibility index (Phi) is 7.37. The minimum Gasteiger partial charge on any atom is -0.344 e. The number of hydrogen-bond donors (Lipinski definition) is 3. The number of nitrogens with one attached hydrogen (secondary N) is 3. The zero-order valence-corrected chi connectivity index (χ0v) is 22.4. The van der Waals surface area contributed by atoms with Crippen LogP contribution in [0, 0.1) is 19.8 Å². The summed E-state index contributed by atoms with van der Waals surface area (Å²) in [5.41, 5.74) is 2.66. The van der Waals surface area contributed by atoms with Gasteiger partial charge < -0.3 is 15.6 Å². The van der Waals surface area contributed by atoms with Crippen LogP contribution < -0.4 is 10.6 Å². The number of H-pyrrole nitrogens is 1. The lowest BCUT2D eigenvalue weighted by Crippen LogP contribution is -2.23. The van der Waals surface area contributed by atoms with Crippen molar-refractivity contribution in [3.05, 3.63) is 88.2 Å². The van der Waals surface area contributed by atoms with Crippen LogP contribution in [0.15, 0.2) is 54.7 Å². The molecule has 208 valence electrons. The van der Waals surface area contributed by atoms with Gasteiger partial charge in [-0.15, -0.1) is 0 Å². The summed E-state index contributed by atoms with van der Waals surface area (Å²) in [4.78, 5) is 35.5. The van der Waals surface area contributed by atoms with Crippen LogP contribution in [0.2, 0.25) is 0 Å². The summed E-state index contributed by atoms with van der Waals surface area (Å²) in [6.07, 6.45) is -2.09. The minimum atomic E-state index is -4.59. The number of pyridine rings is 1. The van der Waals surface area contributed by atoms with Gasteiger partial charge in [0.05, 0.1) is 17.4 Å². The molecule has 0 radical (unpaired) electrons. The molecule has 0 bridgehead atoms. The van der Waals surface area contributed by atoms with Crippen LogP contribution in [-0.4, -0.2) is 39.8 Å². The fourth-order valence-electron chi connectivity index (χ4n) is 5.10. The summed E-state index contributed by atoms with van der Waals surface area (Å²) in [6.45, 7) is 7.44. The Hall–Kier alpha value is -4.18. The first kappa shape index (κ1) is 27.4. The largest absolute Gasteiger partial charge is 0.416 e. The molecule has 0 saturated carbocycles.